The Labute approximate surface area is 123 Å². The molecule has 0 radical (unpaired) electrons. The van der Waals surface area contributed by atoms with E-state index in [4.69, 9.17) is 22.6 Å². The van der Waals surface area contributed by atoms with E-state index in [-0.39, 0.29) is 27.6 Å². The summed E-state index contributed by atoms with van der Waals surface area (Å²) in [5, 5.41) is 9.20. The first kappa shape index (κ1) is 15.3. The second-order valence-electron chi connectivity index (χ2n) is 4.96. The molecule has 3 N–H and O–H groups in total. The van der Waals surface area contributed by atoms with Gasteiger partial charge in [-0.05, 0) is 37.8 Å². The Bertz CT molecular complexity index is 632. The molecule has 1 fully saturated rings. The molecule has 0 unspecified atom stereocenters. The van der Waals surface area contributed by atoms with E-state index in [0.717, 1.165) is 12.8 Å². The molecule has 108 valence electrons. The van der Waals surface area contributed by atoms with E-state index < -0.39 is 10.0 Å². The Morgan fingerprint density at radius 3 is 2.55 bits per heavy atom. The summed E-state index contributed by atoms with van der Waals surface area (Å²) in [6.45, 7) is 0. The molecule has 5 nitrogen and oxygen atoms in total. The van der Waals surface area contributed by atoms with Gasteiger partial charge >= 0.3 is 0 Å². The number of hydrogen-bond acceptors (Lipinski definition) is 4. The van der Waals surface area contributed by atoms with E-state index in [0.29, 0.717) is 12.8 Å². The zero-order valence-corrected chi connectivity index (χ0v) is 12.4. The van der Waals surface area contributed by atoms with Crippen molar-refractivity contribution in [2.24, 2.45) is 5.73 Å². The summed E-state index contributed by atoms with van der Waals surface area (Å²) in [5.41, 5.74) is 5.78. The first-order valence-corrected chi connectivity index (χ1v) is 8.26. The first-order chi connectivity index (χ1) is 9.44. The van der Waals surface area contributed by atoms with Gasteiger partial charge < -0.3 is 5.73 Å². The minimum absolute atomic E-state index is 0.0193. The van der Waals surface area contributed by atoms with Crippen molar-refractivity contribution in [2.75, 3.05) is 0 Å². The van der Waals surface area contributed by atoms with E-state index in [1.54, 1.807) is 0 Å². The van der Waals surface area contributed by atoms with Crippen molar-refractivity contribution in [1.29, 1.82) is 5.26 Å². The standard InChI is InChI=1S/C13H16ClN3O2S/c14-12-2-1-3-13(11(12)8-15)20(18,19)17-10-6-4-9(16)5-7-10/h1-3,9-10,17H,4-7,16H2. The lowest BCUT2D eigenvalue weighted by atomic mass is 9.93. The van der Waals surface area contributed by atoms with Crippen molar-refractivity contribution in [2.45, 2.75) is 42.7 Å². The van der Waals surface area contributed by atoms with Crippen LogP contribution < -0.4 is 10.5 Å². The average molecular weight is 314 g/mol. The van der Waals surface area contributed by atoms with Crippen LogP contribution >= 0.6 is 11.6 Å². The molecule has 1 aliphatic rings. The highest BCUT2D eigenvalue weighted by molar-refractivity contribution is 7.89. The van der Waals surface area contributed by atoms with Crippen molar-refractivity contribution >= 4 is 21.6 Å². The minimum Gasteiger partial charge on any atom is -0.328 e. The molecule has 1 aliphatic carbocycles. The summed E-state index contributed by atoms with van der Waals surface area (Å²) >= 11 is 5.87. The molecule has 0 heterocycles. The van der Waals surface area contributed by atoms with Gasteiger partial charge in [-0.3, -0.25) is 0 Å². The van der Waals surface area contributed by atoms with Gasteiger partial charge in [0.05, 0.1) is 10.6 Å². The molecule has 0 saturated heterocycles. The molecular formula is C13H16ClN3O2S. The van der Waals surface area contributed by atoms with Gasteiger partial charge in [0.25, 0.3) is 0 Å². The Kier molecular flexibility index (Phi) is 4.66. The molecule has 0 atom stereocenters. The molecule has 2 rings (SSSR count). The van der Waals surface area contributed by atoms with Crippen LogP contribution in [0.5, 0.6) is 0 Å². The van der Waals surface area contributed by atoms with Crippen molar-refractivity contribution in [1.82, 2.24) is 4.72 Å². The molecule has 20 heavy (non-hydrogen) atoms. The van der Waals surface area contributed by atoms with Crippen molar-refractivity contribution in [3.63, 3.8) is 0 Å². The van der Waals surface area contributed by atoms with Crippen LogP contribution in [0.25, 0.3) is 0 Å². The number of rotatable bonds is 3. The van der Waals surface area contributed by atoms with Crippen LogP contribution in [0.2, 0.25) is 5.02 Å². The zero-order chi connectivity index (χ0) is 14.8. The summed E-state index contributed by atoms with van der Waals surface area (Å²) in [7, 11) is -3.74. The highest BCUT2D eigenvalue weighted by Gasteiger charge is 2.26. The summed E-state index contributed by atoms with van der Waals surface area (Å²) in [5.74, 6) is 0. The third-order valence-corrected chi connectivity index (χ3v) is 5.35. The van der Waals surface area contributed by atoms with Crippen molar-refractivity contribution < 1.29 is 8.42 Å². The number of sulfonamides is 1. The third kappa shape index (κ3) is 3.30. The van der Waals surface area contributed by atoms with Gasteiger partial charge in [0.2, 0.25) is 10.0 Å². The van der Waals surface area contributed by atoms with E-state index in [2.05, 4.69) is 4.72 Å². The lowest BCUT2D eigenvalue weighted by Gasteiger charge is -2.26. The first-order valence-electron chi connectivity index (χ1n) is 6.40. The second-order valence-corrected chi connectivity index (χ2v) is 7.05. The number of benzene rings is 1. The lowest BCUT2D eigenvalue weighted by molar-refractivity contribution is 0.373. The Morgan fingerprint density at radius 2 is 1.95 bits per heavy atom. The predicted octanol–water partition coefficient (Wildman–Crippen LogP) is 1.76. The van der Waals surface area contributed by atoms with E-state index in [1.165, 1.54) is 18.2 Å². The van der Waals surface area contributed by atoms with Gasteiger partial charge in [0.15, 0.2) is 0 Å². The molecule has 1 saturated carbocycles. The summed E-state index contributed by atoms with van der Waals surface area (Å²) < 4.78 is 27.4. The SMILES string of the molecule is N#Cc1c(Cl)cccc1S(=O)(=O)NC1CCC(N)CC1. The van der Waals surface area contributed by atoms with Crippen LogP contribution in [0, 0.1) is 11.3 Å². The summed E-state index contributed by atoms with van der Waals surface area (Å²) in [6, 6.07) is 6.27. The number of nitriles is 1. The van der Waals surface area contributed by atoms with Gasteiger partial charge in [0, 0.05) is 12.1 Å². The number of nitrogens with two attached hydrogens (primary N) is 1. The second kappa shape index (κ2) is 6.10. The molecule has 0 amide bonds. The number of halogens is 1. The van der Waals surface area contributed by atoms with Gasteiger partial charge in [0.1, 0.15) is 11.0 Å². The van der Waals surface area contributed by atoms with Gasteiger partial charge in [-0.2, -0.15) is 5.26 Å². The van der Waals surface area contributed by atoms with E-state index in [1.807, 2.05) is 6.07 Å². The van der Waals surface area contributed by atoms with Crippen LogP contribution in [0.4, 0.5) is 0 Å². The highest BCUT2D eigenvalue weighted by atomic mass is 35.5. The summed E-state index contributed by atoms with van der Waals surface area (Å²) in [4.78, 5) is -0.0672. The van der Waals surface area contributed by atoms with Crippen LogP contribution in [-0.2, 0) is 10.0 Å². The number of nitrogens with zero attached hydrogens (tertiary/aromatic N) is 1. The molecule has 7 heteroatoms. The van der Waals surface area contributed by atoms with E-state index in [9.17, 15) is 8.42 Å². The predicted molar refractivity (Wildman–Crippen MR) is 76.7 cm³/mol. The zero-order valence-electron chi connectivity index (χ0n) is 10.8. The molecular weight excluding hydrogens is 298 g/mol. The lowest BCUT2D eigenvalue weighted by Crippen LogP contribution is -2.40. The fraction of sp³-hybridized carbons (Fsp3) is 0.462. The maximum absolute atomic E-state index is 12.4. The molecule has 1 aromatic rings. The Hall–Kier alpha value is -1.13. The van der Waals surface area contributed by atoms with Gasteiger partial charge in [-0.25, -0.2) is 13.1 Å². The fourth-order valence-corrected chi connectivity index (χ4v) is 4.11. The maximum Gasteiger partial charge on any atom is 0.242 e. The number of hydrogen-bond donors (Lipinski definition) is 2. The third-order valence-electron chi connectivity index (χ3n) is 3.47. The minimum atomic E-state index is -3.74. The molecule has 0 aromatic heterocycles. The molecule has 0 spiro atoms. The monoisotopic (exact) mass is 313 g/mol. The number of nitrogens with one attached hydrogen (secondary N) is 1. The molecule has 0 bridgehead atoms. The van der Waals surface area contributed by atoms with Crippen LogP contribution in [0.1, 0.15) is 31.2 Å². The Morgan fingerprint density at radius 1 is 1.30 bits per heavy atom. The van der Waals surface area contributed by atoms with Crippen LogP contribution in [0.15, 0.2) is 23.1 Å². The smallest absolute Gasteiger partial charge is 0.242 e. The summed E-state index contributed by atoms with van der Waals surface area (Å²) in [6.07, 6.45) is 3.02. The van der Waals surface area contributed by atoms with Crippen molar-refractivity contribution in [3.8, 4) is 6.07 Å². The Balaban J connectivity index is 2.23. The van der Waals surface area contributed by atoms with Gasteiger partial charge in [-0.1, -0.05) is 17.7 Å². The molecule has 1 aromatic carbocycles. The van der Waals surface area contributed by atoms with Crippen LogP contribution in [-0.4, -0.2) is 20.5 Å². The quantitative estimate of drug-likeness (QED) is 0.888. The fourth-order valence-electron chi connectivity index (χ4n) is 2.36. The van der Waals surface area contributed by atoms with E-state index >= 15 is 0 Å². The largest absolute Gasteiger partial charge is 0.328 e. The normalized spacial score (nSPS) is 23.2. The van der Waals surface area contributed by atoms with Crippen molar-refractivity contribution in [3.05, 3.63) is 28.8 Å². The highest BCUT2D eigenvalue weighted by Crippen LogP contribution is 2.25. The topological polar surface area (TPSA) is 96.0 Å². The maximum atomic E-state index is 12.4. The van der Waals surface area contributed by atoms with Gasteiger partial charge in [-0.15, -0.1) is 0 Å². The molecule has 0 aliphatic heterocycles. The van der Waals surface area contributed by atoms with Crippen LogP contribution in [0.3, 0.4) is 0 Å². The average Bonchev–Trinajstić information content (AvgIpc) is 2.41.